The Morgan fingerprint density at radius 2 is 2.18 bits per heavy atom. The maximum absolute atomic E-state index is 11.8. The zero-order valence-corrected chi connectivity index (χ0v) is 11.6. The van der Waals surface area contributed by atoms with Gasteiger partial charge in [0, 0.05) is 11.4 Å². The average molecular weight is 333 g/mol. The number of carbonyl (C=O) groups excluding carboxylic acids is 1. The van der Waals surface area contributed by atoms with Crippen LogP contribution < -0.4 is 5.32 Å². The van der Waals surface area contributed by atoms with Crippen molar-refractivity contribution in [2.45, 2.75) is 0 Å². The van der Waals surface area contributed by atoms with Gasteiger partial charge < -0.3 is 10.4 Å². The zero-order chi connectivity index (χ0) is 12.4. The number of benzene rings is 1. The molecular weight excluding hydrogens is 326 g/mol. The summed E-state index contributed by atoms with van der Waals surface area (Å²) in [7, 11) is 0. The maximum atomic E-state index is 11.8. The van der Waals surface area contributed by atoms with E-state index in [1.165, 1.54) is 23.5 Å². The number of anilines is 1. The Morgan fingerprint density at radius 1 is 1.41 bits per heavy atom. The van der Waals surface area contributed by atoms with Crippen LogP contribution in [0.5, 0.6) is 5.75 Å². The van der Waals surface area contributed by atoms with Crippen molar-refractivity contribution in [2.24, 2.45) is 0 Å². The minimum atomic E-state index is -0.237. The van der Waals surface area contributed by atoms with Gasteiger partial charge in [-0.05, 0) is 34.1 Å². The fraction of sp³-hybridized carbons (Fsp3) is 0. The van der Waals surface area contributed by atoms with Crippen LogP contribution in [0.4, 0.5) is 5.69 Å². The molecule has 0 spiro atoms. The van der Waals surface area contributed by atoms with Crippen molar-refractivity contribution in [3.8, 4) is 5.75 Å². The normalized spacial score (nSPS) is 10.2. The molecule has 0 saturated heterocycles. The summed E-state index contributed by atoms with van der Waals surface area (Å²) in [4.78, 5) is 11.8. The number of amides is 1. The number of hydrogen-bond acceptors (Lipinski definition) is 3. The molecule has 2 rings (SSSR count). The van der Waals surface area contributed by atoms with E-state index in [0.717, 1.165) is 3.79 Å². The van der Waals surface area contributed by atoms with Gasteiger partial charge in [0.05, 0.1) is 20.1 Å². The van der Waals surface area contributed by atoms with Crippen molar-refractivity contribution >= 4 is 50.5 Å². The molecule has 0 aliphatic heterocycles. The topological polar surface area (TPSA) is 49.3 Å². The van der Waals surface area contributed by atoms with E-state index in [1.807, 2.05) is 0 Å². The van der Waals surface area contributed by atoms with E-state index < -0.39 is 0 Å². The number of halogens is 2. The quantitative estimate of drug-likeness (QED) is 0.813. The second kappa shape index (κ2) is 5.08. The van der Waals surface area contributed by atoms with Crippen molar-refractivity contribution in [1.82, 2.24) is 0 Å². The third-order valence-corrected chi connectivity index (χ3v) is 3.85. The molecule has 0 bridgehead atoms. The molecule has 2 aromatic rings. The summed E-state index contributed by atoms with van der Waals surface area (Å²) in [6.07, 6.45) is 0. The Labute approximate surface area is 115 Å². The van der Waals surface area contributed by atoms with Gasteiger partial charge in [-0.15, -0.1) is 11.3 Å². The average Bonchev–Trinajstić information content (AvgIpc) is 2.69. The number of aromatic hydroxyl groups is 1. The van der Waals surface area contributed by atoms with E-state index in [1.54, 1.807) is 17.5 Å². The van der Waals surface area contributed by atoms with Gasteiger partial charge in [-0.25, -0.2) is 0 Å². The van der Waals surface area contributed by atoms with Crippen LogP contribution in [0.2, 0.25) is 5.02 Å². The summed E-state index contributed by atoms with van der Waals surface area (Å²) in [6, 6.07) is 6.12. The number of thiophene rings is 1. The van der Waals surface area contributed by atoms with Crippen LogP contribution in [0, 0.1) is 0 Å². The molecular formula is C11H7BrClNO2S. The van der Waals surface area contributed by atoms with Crippen LogP contribution >= 0.6 is 38.9 Å². The number of nitrogens with one attached hydrogen (secondary N) is 1. The minimum Gasteiger partial charge on any atom is -0.508 e. The smallest absolute Gasteiger partial charge is 0.256 e. The van der Waals surface area contributed by atoms with Crippen LogP contribution in [0.1, 0.15) is 10.4 Å². The Hall–Kier alpha value is -1.04. The first-order valence-corrected chi connectivity index (χ1v) is 6.65. The summed E-state index contributed by atoms with van der Waals surface area (Å²) in [6.45, 7) is 0. The molecule has 0 aliphatic rings. The lowest BCUT2D eigenvalue weighted by Gasteiger charge is -2.06. The van der Waals surface area contributed by atoms with Gasteiger partial charge in [-0.3, -0.25) is 4.79 Å². The van der Waals surface area contributed by atoms with Gasteiger partial charge in [0.15, 0.2) is 0 Å². The second-order valence-electron chi connectivity index (χ2n) is 3.26. The lowest BCUT2D eigenvalue weighted by atomic mass is 10.2. The molecule has 3 nitrogen and oxygen atoms in total. The first-order valence-electron chi connectivity index (χ1n) is 4.60. The molecule has 0 aliphatic carbocycles. The molecule has 0 saturated carbocycles. The number of phenolic OH excluding ortho intramolecular Hbond substituents is 1. The first kappa shape index (κ1) is 12.4. The molecule has 1 aromatic heterocycles. The molecule has 88 valence electrons. The van der Waals surface area contributed by atoms with Crippen LogP contribution in [0.15, 0.2) is 33.4 Å². The van der Waals surface area contributed by atoms with Crippen LogP contribution in [0.25, 0.3) is 0 Å². The van der Waals surface area contributed by atoms with Crippen molar-refractivity contribution in [2.75, 3.05) is 5.32 Å². The highest BCUT2D eigenvalue weighted by Crippen LogP contribution is 2.27. The van der Waals surface area contributed by atoms with E-state index in [0.29, 0.717) is 16.3 Å². The molecule has 1 amide bonds. The highest BCUT2D eigenvalue weighted by atomic mass is 79.9. The molecule has 0 atom stereocenters. The Bertz CT molecular complexity index is 570. The van der Waals surface area contributed by atoms with Crippen molar-refractivity contribution in [1.29, 1.82) is 0 Å². The standard InChI is InChI=1S/C11H7BrClNO2S/c12-10-3-6(5-17-10)11(16)14-9-2-1-7(15)4-8(9)13/h1-5,15H,(H,14,16). The monoisotopic (exact) mass is 331 g/mol. The highest BCUT2D eigenvalue weighted by Gasteiger charge is 2.10. The second-order valence-corrected chi connectivity index (χ2v) is 5.96. The fourth-order valence-electron chi connectivity index (χ4n) is 1.23. The van der Waals surface area contributed by atoms with Gasteiger partial charge in [-0.1, -0.05) is 11.6 Å². The molecule has 0 radical (unpaired) electrons. The number of carbonyl (C=O) groups is 1. The van der Waals surface area contributed by atoms with E-state index in [-0.39, 0.29) is 11.7 Å². The molecule has 0 fully saturated rings. The van der Waals surface area contributed by atoms with Crippen molar-refractivity contribution in [3.63, 3.8) is 0 Å². The Balaban J connectivity index is 2.18. The van der Waals surface area contributed by atoms with E-state index >= 15 is 0 Å². The maximum Gasteiger partial charge on any atom is 0.256 e. The number of rotatable bonds is 2. The van der Waals surface area contributed by atoms with Crippen LogP contribution in [0.3, 0.4) is 0 Å². The van der Waals surface area contributed by atoms with Gasteiger partial charge in [-0.2, -0.15) is 0 Å². The van der Waals surface area contributed by atoms with Gasteiger partial charge >= 0.3 is 0 Å². The Morgan fingerprint density at radius 3 is 2.76 bits per heavy atom. The first-order chi connectivity index (χ1) is 8.06. The van der Waals surface area contributed by atoms with Gasteiger partial charge in [0.25, 0.3) is 5.91 Å². The van der Waals surface area contributed by atoms with Crippen molar-refractivity contribution < 1.29 is 9.90 Å². The molecule has 1 aromatic carbocycles. The lowest BCUT2D eigenvalue weighted by molar-refractivity contribution is 0.102. The third-order valence-electron chi connectivity index (χ3n) is 2.03. The molecule has 0 unspecified atom stereocenters. The van der Waals surface area contributed by atoms with Gasteiger partial charge in [0.2, 0.25) is 0 Å². The van der Waals surface area contributed by atoms with Crippen LogP contribution in [-0.2, 0) is 0 Å². The van der Waals surface area contributed by atoms with Crippen LogP contribution in [-0.4, -0.2) is 11.0 Å². The largest absolute Gasteiger partial charge is 0.508 e. The third kappa shape index (κ3) is 3.00. The predicted molar refractivity (Wildman–Crippen MR) is 73.1 cm³/mol. The van der Waals surface area contributed by atoms with Gasteiger partial charge in [0.1, 0.15) is 5.75 Å². The van der Waals surface area contributed by atoms with E-state index in [2.05, 4.69) is 21.2 Å². The van der Waals surface area contributed by atoms with E-state index in [4.69, 9.17) is 11.6 Å². The number of phenols is 1. The Kier molecular flexibility index (Phi) is 3.71. The summed E-state index contributed by atoms with van der Waals surface area (Å²) in [5, 5.41) is 13.9. The van der Waals surface area contributed by atoms with E-state index in [9.17, 15) is 9.90 Å². The lowest BCUT2D eigenvalue weighted by Crippen LogP contribution is -2.10. The zero-order valence-electron chi connectivity index (χ0n) is 8.41. The molecule has 17 heavy (non-hydrogen) atoms. The molecule has 6 heteroatoms. The summed E-state index contributed by atoms with van der Waals surface area (Å²) in [5.74, 6) is -0.175. The summed E-state index contributed by atoms with van der Waals surface area (Å²) in [5.41, 5.74) is 1.03. The molecule has 2 N–H and O–H groups in total. The summed E-state index contributed by atoms with van der Waals surface area (Å²) >= 11 is 10.6. The fourth-order valence-corrected chi connectivity index (χ4v) is 2.59. The number of hydrogen-bond donors (Lipinski definition) is 2. The van der Waals surface area contributed by atoms with Crippen molar-refractivity contribution in [3.05, 3.63) is 44.0 Å². The highest BCUT2D eigenvalue weighted by molar-refractivity contribution is 9.11. The SMILES string of the molecule is O=C(Nc1ccc(O)cc1Cl)c1csc(Br)c1. The summed E-state index contributed by atoms with van der Waals surface area (Å²) < 4.78 is 0.888. The predicted octanol–water partition coefficient (Wildman–Crippen LogP) is 4.12. The molecule has 1 heterocycles. The minimum absolute atomic E-state index is 0.0614.